The molecule has 172 valence electrons. The Morgan fingerprint density at radius 1 is 1.15 bits per heavy atom. The second kappa shape index (κ2) is 10.6. The van der Waals surface area contributed by atoms with Crippen LogP contribution in [0.4, 0.5) is 5.69 Å². The Balaban J connectivity index is 1.57. The fraction of sp³-hybridized carbons (Fsp3) is 0.0800. The fourth-order valence-corrected chi connectivity index (χ4v) is 5.41. The van der Waals surface area contributed by atoms with Gasteiger partial charge in [-0.05, 0) is 76.2 Å². The molecule has 1 aliphatic rings. The van der Waals surface area contributed by atoms with Crippen LogP contribution < -0.4 is 14.4 Å². The number of hydrogen-bond donors (Lipinski definition) is 1. The number of benzene rings is 3. The number of ether oxygens (including phenoxy) is 2. The Bertz CT molecular complexity index is 1310. The van der Waals surface area contributed by atoms with E-state index < -0.39 is 5.97 Å². The van der Waals surface area contributed by atoms with Gasteiger partial charge in [-0.15, -0.1) is 0 Å². The third-order valence-electron chi connectivity index (χ3n) is 4.91. The van der Waals surface area contributed by atoms with Crippen molar-refractivity contribution in [3.05, 3.63) is 91.9 Å². The van der Waals surface area contributed by atoms with Gasteiger partial charge in [0.05, 0.1) is 26.8 Å². The van der Waals surface area contributed by atoms with Crippen LogP contribution in [0.15, 0.2) is 71.6 Å². The van der Waals surface area contributed by atoms with Crippen LogP contribution in [0, 0.1) is 3.57 Å². The van der Waals surface area contributed by atoms with Crippen LogP contribution in [-0.4, -0.2) is 28.4 Å². The summed E-state index contributed by atoms with van der Waals surface area (Å²) in [7, 11) is 1.54. The quantitative estimate of drug-likeness (QED) is 0.202. The van der Waals surface area contributed by atoms with Crippen molar-refractivity contribution >= 4 is 74.5 Å². The number of carbonyl (C=O) groups is 2. The van der Waals surface area contributed by atoms with Crippen molar-refractivity contribution in [3.8, 4) is 11.5 Å². The largest absolute Gasteiger partial charge is 0.493 e. The van der Waals surface area contributed by atoms with E-state index in [1.54, 1.807) is 37.5 Å². The van der Waals surface area contributed by atoms with Gasteiger partial charge < -0.3 is 14.6 Å². The minimum Gasteiger partial charge on any atom is -0.493 e. The Hall–Kier alpha value is -2.89. The minimum atomic E-state index is -0.990. The molecular formula is C25H18INO5S2. The first-order valence-corrected chi connectivity index (χ1v) is 12.3. The van der Waals surface area contributed by atoms with Crippen LogP contribution in [0.2, 0.25) is 0 Å². The monoisotopic (exact) mass is 603 g/mol. The van der Waals surface area contributed by atoms with Crippen molar-refractivity contribution < 1.29 is 24.2 Å². The van der Waals surface area contributed by atoms with Crippen molar-refractivity contribution in [1.82, 2.24) is 0 Å². The minimum absolute atomic E-state index is 0.172. The Labute approximate surface area is 219 Å². The highest BCUT2D eigenvalue weighted by atomic mass is 127. The van der Waals surface area contributed by atoms with Crippen molar-refractivity contribution in [3.63, 3.8) is 0 Å². The number of aromatic carboxylic acids is 1. The normalized spacial score (nSPS) is 14.5. The number of methoxy groups -OCH3 is 1. The Kier molecular flexibility index (Phi) is 7.54. The molecular weight excluding hydrogens is 585 g/mol. The SMILES string of the molecule is COc1cc(/C=C2/SC(=S)N(c3ccccc3)C2=O)cc(I)c1OCc1cccc(C(=O)O)c1. The molecule has 1 N–H and O–H groups in total. The predicted octanol–water partition coefficient (Wildman–Crippen LogP) is 5.98. The van der Waals surface area contributed by atoms with Gasteiger partial charge in [0.25, 0.3) is 5.91 Å². The molecule has 1 aliphatic heterocycles. The molecule has 0 atom stereocenters. The maximum absolute atomic E-state index is 13.0. The first-order valence-electron chi connectivity index (χ1n) is 10.0. The zero-order valence-corrected chi connectivity index (χ0v) is 21.6. The number of thioether (sulfide) groups is 1. The van der Waals surface area contributed by atoms with Gasteiger partial charge in [0.1, 0.15) is 6.61 Å². The maximum Gasteiger partial charge on any atom is 0.335 e. The van der Waals surface area contributed by atoms with Gasteiger partial charge in [-0.25, -0.2) is 4.79 Å². The van der Waals surface area contributed by atoms with Gasteiger partial charge in [-0.1, -0.05) is 54.3 Å². The number of para-hydroxylation sites is 1. The summed E-state index contributed by atoms with van der Waals surface area (Å²) in [6.07, 6.45) is 1.78. The van der Waals surface area contributed by atoms with Gasteiger partial charge in [0.15, 0.2) is 15.8 Å². The fourth-order valence-electron chi connectivity index (χ4n) is 3.33. The number of anilines is 1. The lowest BCUT2D eigenvalue weighted by Crippen LogP contribution is -2.27. The van der Waals surface area contributed by atoms with Crippen molar-refractivity contribution in [2.75, 3.05) is 12.0 Å². The van der Waals surface area contributed by atoms with E-state index in [2.05, 4.69) is 22.6 Å². The highest BCUT2D eigenvalue weighted by molar-refractivity contribution is 14.1. The van der Waals surface area contributed by atoms with Gasteiger partial charge >= 0.3 is 5.97 Å². The van der Waals surface area contributed by atoms with Gasteiger partial charge in [-0.3, -0.25) is 9.69 Å². The molecule has 4 rings (SSSR count). The molecule has 34 heavy (non-hydrogen) atoms. The lowest BCUT2D eigenvalue weighted by molar-refractivity contribution is -0.113. The lowest BCUT2D eigenvalue weighted by atomic mass is 10.1. The second-order valence-electron chi connectivity index (χ2n) is 7.18. The topological polar surface area (TPSA) is 76.1 Å². The Morgan fingerprint density at radius 2 is 1.91 bits per heavy atom. The van der Waals surface area contributed by atoms with E-state index in [9.17, 15) is 14.7 Å². The number of carboxylic acids is 1. The van der Waals surface area contributed by atoms with Gasteiger partial charge in [0.2, 0.25) is 0 Å². The van der Waals surface area contributed by atoms with E-state index in [-0.39, 0.29) is 18.1 Å². The summed E-state index contributed by atoms with van der Waals surface area (Å²) in [5, 5.41) is 9.18. The molecule has 0 bridgehead atoms. The average Bonchev–Trinajstić information content (AvgIpc) is 3.11. The summed E-state index contributed by atoms with van der Waals surface area (Å²) in [6, 6.07) is 19.6. The van der Waals surface area contributed by atoms with Crippen LogP contribution in [-0.2, 0) is 11.4 Å². The van der Waals surface area contributed by atoms with Crippen LogP contribution in [0.5, 0.6) is 11.5 Å². The molecule has 0 unspecified atom stereocenters. The van der Waals surface area contributed by atoms with E-state index in [1.807, 2.05) is 36.4 Å². The molecule has 6 nitrogen and oxygen atoms in total. The lowest BCUT2D eigenvalue weighted by Gasteiger charge is -2.14. The number of halogens is 1. The van der Waals surface area contributed by atoms with Gasteiger partial charge in [0, 0.05) is 0 Å². The number of hydrogen-bond acceptors (Lipinski definition) is 6. The number of rotatable bonds is 7. The molecule has 3 aromatic rings. The molecule has 0 radical (unpaired) electrons. The van der Waals surface area contributed by atoms with E-state index in [1.165, 1.54) is 22.7 Å². The predicted molar refractivity (Wildman–Crippen MR) is 146 cm³/mol. The summed E-state index contributed by atoms with van der Waals surface area (Å²) in [5.74, 6) is -0.117. The maximum atomic E-state index is 13.0. The second-order valence-corrected chi connectivity index (χ2v) is 10.0. The van der Waals surface area contributed by atoms with Gasteiger partial charge in [-0.2, -0.15) is 0 Å². The van der Waals surface area contributed by atoms with E-state index >= 15 is 0 Å². The average molecular weight is 603 g/mol. The highest BCUT2D eigenvalue weighted by Gasteiger charge is 2.33. The summed E-state index contributed by atoms with van der Waals surface area (Å²) >= 11 is 8.84. The van der Waals surface area contributed by atoms with Crippen LogP contribution in [0.1, 0.15) is 21.5 Å². The molecule has 0 aliphatic carbocycles. The number of amides is 1. The third-order valence-corrected chi connectivity index (χ3v) is 7.02. The first kappa shape index (κ1) is 24.2. The van der Waals surface area contributed by atoms with Crippen molar-refractivity contribution in [1.29, 1.82) is 0 Å². The van der Waals surface area contributed by atoms with Crippen molar-refractivity contribution in [2.45, 2.75) is 6.61 Å². The molecule has 1 saturated heterocycles. The molecule has 0 aromatic heterocycles. The first-order chi connectivity index (χ1) is 16.4. The molecule has 3 aromatic carbocycles. The summed E-state index contributed by atoms with van der Waals surface area (Å²) in [4.78, 5) is 26.3. The number of thiocarbonyl (C=S) groups is 1. The molecule has 1 fully saturated rings. The number of nitrogens with zero attached hydrogens (tertiary/aromatic N) is 1. The van der Waals surface area contributed by atoms with Crippen LogP contribution >= 0.6 is 46.6 Å². The van der Waals surface area contributed by atoms with Crippen LogP contribution in [0.3, 0.4) is 0 Å². The van der Waals surface area contributed by atoms with E-state index in [4.69, 9.17) is 21.7 Å². The van der Waals surface area contributed by atoms with Crippen LogP contribution in [0.25, 0.3) is 6.08 Å². The highest BCUT2D eigenvalue weighted by Crippen LogP contribution is 2.39. The van der Waals surface area contributed by atoms with Crippen molar-refractivity contribution in [2.24, 2.45) is 0 Å². The number of carbonyl (C=O) groups excluding carboxylic acids is 1. The standard InChI is InChI=1S/C25H18INO5S2/c1-31-20-12-16(13-21-23(28)27(25(33)34-21)18-8-3-2-4-9-18)11-19(26)22(20)32-14-15-6-5-7-17(10-15)24(29)30/h2-13H,14H2,1H3,(H,29,30)/b21-13+. The third kappa shape index (κ3) is 5.26. The summed E-state index contributed by atoms with van der Waals surface area (Å²) < 4.78 is 12.8. The smallest absolute Gasteiger partial charge is 0.335 e. The summed E-state index contributed by atoms with van der Waals surface area (Å²) in [5.41, 5.74) is 2.43. The molecule has 9 heteroatoms. The van der Waals surface area contributed by atoms with E-state index in [0.717, 1.165) is 20.4 Å². The molecule has 0 saturated carbocycles. The zero-order valence-electron chi connectivity index (χ0n) is 17.9. The zero-order chi connectivity index (χ0) is 24.2. The molecule has 0 spiro atoms. The summed E-state index contributed by atoms with van der Waals surface area (Å²) in [6.45, 7) is 0.183. The number of carboxylic acid groups (broad SMARTS) is 1. The Morgan fingerprint density at radius 3 is 2.62 bits per heavy atom. The molecule has 1 heterocycles. The van der Waals surface area contributed by atoms with E-state index in [0.29, 0.717) is 20.7 Å². The molecule has 1 amide bonds.